The van der Waals surface area contributed by atoms with E-state index in [1.807, 2.05) is 0 Å². The Hall–Kier alpha value is -5.19. The monoisotopic (exact) mass is 608 g/mol. The van der Waals surface area contributed by atoms with Crippen LogP contribution in [0.5, 0.6) is 11.5 Å². The number of anilines is 1. The van der Waals surface area contributed by atoms with Gasteiger partial charge in [0.2, 0.25) is 0 Å². The quantitative estimate of drug-likeness (QED) is 0.0729. The van der Waals surface area contributed by atoms with Crippen molar-refractivity contribution in [2.75, 3.05) is 19.5 Å². The Balaban J connectivity index is 1.79. The maximum Gasteiger partial charge on any atom is 0.491 e. The molecular weight excluding hydrogens is 588 g/mol. The summed E-state index contributed by atoms with van der Waals surface area (Å²) < 4.78 is 68.2. The summed E-state index contributed by atoms with van der Waals surface area (Å²) in [5.41, 5.74) is 5.00. The number of nitrogens with zero attached hydrogens (tertiary/aromatic N) is 2. The molecule has 17 heteroatoms. The van der Waals surface area contributed by atoms with Crippen LogP contribution in [0.25, 0.3) is 5.69 Å². The largest absolute Gasteiger partial charge is 0.493 e. The average Bonchev–Trinajstić information content (AvgIpc) is 3.58. The van der Waals surface area contributed by atoms with Crippen molar-refractivity contribution >= 4 is 34.8 Å². The predicted octanol–water partition coefficient (Wildman–Crippen LogP) is 3.51. The summed E-state index contributed by atoms with van der Waals surface area (Å²) in [6, 6.07) is 8.49. The van der Waals surface area contributed by atoms with E-state index >= 15 is 4.39 Å². The van der Waals surface area contributed by atoms with Gasteiger partial charge in [-0.15, -0.1) is 16.4 Å². The number of hydrogen-bond donors (Lipinski definition) is 4. The number of nitrogen functional groups attached to an aromatic ring is 1. The maximum absolute atomic E-state index is 15.4. The summed E-state index contributed by atoms with van der Waals surface area (Å²) in [4.78, 5) is 38.4. The molecule has 2 aromatic carbocycles. The van der Waals surface area contributed by atoms with Gasteiger partial charge in [0, 0.05) is 22.9 Å². The summed E-state index contributed by atoms with van der Waals surface area (Å²) >= 11 is 0.604. The van der Waals surface area contributed by atoms with E-state index in [1.54, 1.807) is 12.1 Å². The summed E-state index contributed by atoms with van der Waals surface area (Å²) in [6.07, 6.45) is -5.42. The Bertz CT molecular complexity index is 1710. The molecule has 0 aliphatic heterocycles. The number of nitrogens with two attached hydrogens (primary N) is 1. The van der Waals surface area contributed by atoms with E-state index in [0.717, 1.165) is 6.07 Å². The smallest absolute Gasteiger partial charge is 0.491 e. The van der Waals surface area contributed by atoms with E-state index in [4.69, 9.17) is 20.6 Å². The van der Waals surface area contributed by atoms with Gasteiger partial charge in [-0.1, -0.05) is 0 Å². The molecule has 0 bridgehead atoms. The number of methoxy groups -OCH3 is 2. The van der Waals surface area contributed by atoms with E-state index < -0.39 is 40.5 Å². The third kappa shape index (κ3) is 6.09. The molecule has 0 aliphatic carbocycles. The average molecular weight is 609 g/mol. The Kier molecular flexibility index (Phi) is 8.32. The zero-order chi connectivity index (χ0) is 30.8. The van der Waals surface area contributed by atoms with Gasteiger partial charge in [-0.05, 0) is 41.8 Å². The first-order chi connectivity index (χ1) is 19.8. The second-order valence-electron chi connectivity index (χ2n) is 8.33. The van der Waals surface area contributed by atoms with Gasteiger partial charge in [0.05, 0.1) is 19.9 Å². The van der Waals surface area contributed by atoms with E-state index in [9.17, 15) is 27.6 Å². The molecule has 0 spiro atoms. The van der Waals surface area contributed by atoms with Crippen LogP contribution in [0.15, 0.2) is 52.6 Å². The molecule has 2 heterocycles. The van der Waals surface area contributed by atoms with Crippen LogP contribution in [0.2, 0.25) is 0 Å². The van der Waals surface area contributed by atoms with Gasteiger partial charge in [0.25, 0.3) is 0 Å². The fourth-order valence-electron chi connectivity index (χ4n) is 3.74. The number of esters is 2. The van der Waals surface area contributed by atoms with Crippen molar-refractivity contribution in [3.05, 3.63) is 86.0 Å². The Morgan fingerprint density at radius 3 is 2.36 bits per heavy atom. The van der Waals surface area contributed by atoms with Gasteiger partial charge < -0.3 is 25.3 Å². The van der Waals surface area contributed by atoms with Crippen LogP contribution < -0.4 is 26.2 Å². The fraction of sp³-hybridized carbons (Fsp3) is 0.160. The maximum atomic E-state index is 15.4. The Labute approximate surface area is 237 Å². The van der Waals surface area contributed by atoms with Crippen LogP contribution >= 0.6 is 11.3 Å². The predicted molar refractivity (Wildman–Crippen MR) is 141 cm³/mol. The molecule has 0 aliphatic rings. The number of H-pyrrole nitrogens is 1. The van der Waals surface area contributed by atoms with E-state index in [0.29, 0.717) is 27.3 Å². The fourth-order valence-corrected chi connectivity index (χ4v) is 4.49. The number of carbonyl (C=O) groups excluding carboxylic acids is 2. The standard InChI is InChI=1S/C25H20F4N6O6S/c1-39-16-9-13(14(26)10-17(16)40-2)18(32-12-5-3-11(4-6-12)20(30)31)21-33-24(38)35(34-21)15-7-8-42-19(15)22(36)41-23(37)25(27,28)29/h3-10,18,32H,1-2H3,(H3,30,31)(H,33,34,38). The summed E-state index contributed by atoms with van der Waals surface area (Å²) in [5.74, 6) is -5.31. The lowest BCUT2D eigenvalue weighted by molar-refractivity contribution is -0.193. The molecule has 4 aromatic rings. The number of nitrogens with one attached hydrogen (secondary N) is 3. The molecule has 0 saturated heterocycles. The highest BCUT2D eigenvalue weighted by molar-refractivity contribution is 7.12. The third-order valence-corrected chi connectivity index (χ3v) is 6.59. The van der Waals surface area contributed by atoms with Crippen molar-refractivity contribution < 1.29 is 41.4 Å². The van der Waals surface area contributed by atoms with Crippen molar-refractivity contribution in [1.82, 2.24) is 14.8 Å². The first-order valence-corrected chi connectivity index (χ1v) is 12.4. The number of aromatic nitrogens is 3. The van der Waals surface area contributed by atoms with E-state index in [-0.39, 0.29) is 34.4 Å². The molecule has 0 radical (unpaired) electrons. The van der Waals surface area contributed by atoms with Crippen LogP contribution in [-0.4, -0.2) is 52.9 Å². The lowest BCUT2D eigenvalue weighted by Crippen LogP contribution is -2.28. The van der Waals surface area contributed by atoms with Crippen molar-refractivity contribution in [1.29, 1.82) is 5.41 Å². The molecule has 2 aromatic heterocycles. The lowest BCUT2D eigenvalue weighted by Gasteiger charge is -2.20. The number of rotatable bonds is 9. The third-order valence-electron chi connectivity index (χ3n) is 5.70. The molecule has 4 rings (SSSR count). The van der Waals surface area contributed by atoms with E-state index in [2.05, 4.69) is 20.1 Å². The number of halogens is 4. The molecular formula is C25H20F4N6O6S. The van der Waals surface area contributed by atoms with Gasteiger partial charge in [0.1, 0.15) is 22.6 Å². The van der Waals surface area contributed by atoms with Gasteiger partial charge in [-0.3, -0.25) is 10.4 Å². The van der Waals surface area contributed by atoms with Crippen LogP contribution in [0.3, 0.4) is 0 Å². The minimum atomic E-state index is -5.42. The lowest BCUT2D eigenvalue weighted by atomic mass is 10.0. The number of alkyl halides is 3. The van der Waals surface area contributed by atoms with Crippen LogP contribution in [-0.2, 0) is 9.53 Å². The number of benzene rings is 2. The highest BCUT2D eigenvalue weighted by atomic mass is 32.1. The molecule has 5 N–H and O–H groups in total. The Morgan fingerprint density at radius 1 is 1.12 bits per heavy atom. The van der Waals surface area contributed by atoms with Gasteiger partial charge in [0.15, 0.2) is 17.3 Å². The van der Waals surface area contributed by atoms with Gasteiger partial charge in [-0.2, -0.15) is 17.9 Å². The number of thiophene rings is 1. The zero-order valence-electron chi connectivity index (χ0n) is 21.5. The minimum Gasteiger partial charge on any atom is -0.493 e. The van der Waals surface area contributed by atoms with Crippen LogP contribution in [0.1, 0.15) is 32.7 Å². The van der Waals surface area contributed by atoms with Crippen molar-refractivity contribution in [3.8, 4) is 17.2 Å². The second kappa shape index (κ2) is 11.7. The minimum absolute atomic E-state index is 0.0649. The highest BCUT2D eigenvalue weighted by Gasteiger charge is 2.43. The Morgan fingerprint density at radius 2 is 1.76 bits per heavy atom. The number of carbonyl (C=O) groups is 2. The molecule has 1 atom stereocenters. The molecule has 220 valence electrons. The molecule has 0 saturated carbocycles. The first kappa shape index (κ1) is 29.8. The van der Waals surface area contributed by atoms with E-state index in [1.165, 1.54) is 43.9 Å². The second-order valence-corrected chi connectivity index (χ2v) is 9.25. The molecule has 0 amide bonds. The number of amidine groups is 1. The van der Waals surface area contributed by atoms with Crippen molar-refractivity contribution in [2.45, 2.75) is 12.2 Å². The molecule has 0 fully saturated rings. The topological polar surface area (TPSA) is 174 Å². The summed E-state index contributed by atoms with van der Waals surface area (Å²) in [6.45, 7) is 0. The van der Waals surface area contributed by atoms with Crippen molar-refractivity contribution in [3.63, 3.8) is 0 Å². The normalized spacial score (nSPS) is 12.0. The van der Waals surface area contributed by atoms with Gasteiger partial charge >= 0.3 is 23.8 Å². The zero-order valence-corrected chi connectivity index (χ0v) is 22.4. The first-order valence-electron chi connectivity index (χ1n) is 11.6. The number of hydrogen-bond acceptors (Lipinski definition) is 10. The molecule has 12 nitrogen and oxygen atoms in total. The van der Waals surface area contributed by atoms with Crippen LogP contribution in [0.4, 0.5) is 23.2 Å². The summed E-state index contributed by atoms with van der Waals surface area (Å²) in [7, 11) is 2.65. The summed E-state index contributed by atoms with van der Waals surface area (Å²) in [5, 5.41) is 16.0. The highest BCUT2D eigenvalue weighted by Crippen LogP contribution is 2.35. The number of aromatic amines is 1. The SMILES string of the molecule is COc1cc(F)c(C(Nc2ccc(C(=N)N)cc2)c2nn(-c3ccsc3C(=O)OC(=O)C(F)(F)F)c(=O)[nH]2)cc1OC. The van der Waals surface area contributed by atoms with Gasteiger partial charge in [-0.25, -0.2) is 18.8 Å². The van der Waals surface area contributed by atoms with Crippen LogP contribution in [0, 0.1) is 11.2 Å². The molecule has 42 heavy (non-hydrogen) atoms. The molecule has 1 unspecified atom stereocenters. The van der Waals surface area contributed by atoms with Crippen molar-refractivity contribution in [2.24, 2.45) is 5.73 Å². The number of ether oxygens (including phenoxy) is 3.